The Hall–Kier alpha value is -2.47. The third-order valence-electron chi connectivity index (χ3n) is 5.27. The largest absolute Gasteiger partial charge is 0.333 e. The maximum atomic E-state index is 13.9. The van der Waals surface area contributed by atoms with E-state index < -0.39 is 31.3 Å². The first-order chi connectivity index (χ1) is 13.7. The van der Waals surface area contributed by atoms with Crippen LogP contribution in [-0.2, 0) is 0 Å². The van der Waals surface area contributed by atoms with Crippen molar-refractivity contribution in [2.45, 2.75) is 24.8 Å². The second-order valence-electron chi connectivity index (χ2n) is 6.56. The first-order valence-electron chi connectivity index (χ1n) is 9.60. The Labute approximate surface area is 157 Å². The van der Waals surface area contributed by atoms with Gasteiger partial charge < -0.3 is 4.90 Å². The monoisotopic (exact) mass is 376 g/mol. The third kappa shape index (κ3) is 1.93. The van der Waals surface area contributed by atoms with Gasteiger partial charge in [0, 0.05) is 44.9 Å². The highest BCUT2D eigenvalue weighted by Crippen LogP contribution is 2.52. The van der Waals surface area contributed by atoms with Crippen molar-refractivity contribution in [3.05, 3.63) is 69.5 Å². The lowest BCUT2D eigenvalue weighted by Crippen LogP contribution is -2.30. The fourth-order valence-electron chi connectivity index (χ4n) is 4.22. The fraction of sp³-hybridized carbons (Fsp3) is 0.263. The van der Waals surface area contributed by atoms with Crippen LogP contribution in [0.4, 0.5) is 8.78 Å². The number of hydrogen-bond acceptors (Lipinski definition) is 2. The van der Waals surface area contributed by atoms with Crippen molar-refractivity contribution in [1.82, 2.24) is 14.5 Å². The van der Waals surface area contributed by atoms with Gasteiger partial charge in [-0.1, -0.05) is 23.7 Å². The number of hydrogen-bond donors (Lipinski definition) is 0. The predicted octanol–water partition coefficient (Wildman–Crippen LogP) is 4.59. The van der Waals surface area contributed by atoms with E-state index in [2.05, 4.69) is 5.10 Å². The molecule has 3 heterocycles. The van der Waals surface area contributed by atoms with Crippen LogP contribution in [0.25, 0.3) is 5.52 Å². The SMILES string of the molecule is [2H]C([2H])([2H])N1C(=O)c2cccc(C(F)F)c2[C@H]2C[C@@H]1c1nn3ccc(Cl)cc3c12. The maximum Gasteiger partial charge on any atom is 0.264 e. The number of pyridine rings is 1. The van der Waals surface area contributed by atoms with Crippen LogP contribution in [0, 0.1) is 0 Å². The van der Waals surface area contributed by atoms with Gasteiger partial charge in [-0.25, -0.2) is 13.3 Å². The molecule has 7 heteroatoms. The van der Waals surface area contributed by atoms with Crippen LogP contribution in [0.15, 0.2) is 36.5 Å². The molecule has 0 radical (unpaired) electrons. The molecule has 2 aromatic heterocycles. The van der Waals surface area contributed by atoms with Gasteiger partial charge in [-0.2, -0.15) is 5.10 Å². The van der Waals surface area contributed by atoms with E-state index in [1.54, 1.807) is 22.8 Å². The number of benzene rings is 1. The number of fused-ring (bicyclic) bond motifs is 9. The molecule has 2 bridgehead atoms. The van der Waals surface area contributed by atoms with Gasteiger partial charge in [0.15, 0.2) is 0 Å². The molecule has 0 saturated heterocycles. The summed E-state index contributed by atoms with van der Waals surface area (Å²) < 4.78 is 53.1. The Morgan fingerprint density at radius 3 is 2.96 bits per heavy atom. The van der Waals surface area contributed by atoms with E-state index in [1.807, 2.05) is 0 Å². The molecule has 0 unspecified atom stereocenters. The zero-order chi connectivity index (χ0) is 20.7. The van der Waals surface area contributed by atoms with Crippen LogP contribution in [0.1, 0.15) is 61.7 Å². The van der Waals surface area contributed by atoms with Gasteiger partial charge in [0.2, 0.25) is 0 Å². The number of carbonyl (C=O) groups is 1. The third-order valence-corrected chi connectivity index (χ3v) is 5.51. The molecule has 1 aliphatic heterocycles. The first-order valence-corrected chi connectivity index (χ1v) is 8.48. The molecular weight excluding hydrogens is 360 g/mol. The van der Waals surface area contributed by atoms with E-state index in [0.717, 1.165) is 4.90 Å². The molecule has 2 atom stereocenters. The summed E-state index contributed by atoms with van der Waals surface area (Å²) in [7, 11) is 0. The van der Waals surface area contributed by atoms with Crippen molar-refractivity contribution in [3.63, 3.8) is 0 Å². The number of aromatic nitrogens is 2. The van der Waals surface area contributed by atoms with E-state index in [0.29, 0.717) is 21.8 Å². The summed E-state index contributed by atoms with van der Waals surface area (Å²) in [6, 6.07) is 6.53. The van der Waals surface area contributed by atoms with E-state index in [1.165, 1.54) is 18.2 Å². The van der Waals surface area contributed by atoms with Gasteiger partial charge >= 0.3 is 0 Å². The number of halogens is 3. The standard InChI is InChI=1S/C19H14ClF2N3O/c1-24-14-8-12(15-10(18(21)22)3-2-4-11(15)19(24)26)16-13-7-9(20)5-6-25(13)23-17(14)16/h2-7,12,14,18H,8H2,1H3/t12-,14-/m1/s1/i1D3. The molecular formula is C19H14ClF2N3O. The van der Waals surface area contributed by atoms with Gasteiger partial charge in [-0.3, -0.25) is 4.79 Å². The Morgan fingerprint density at radius 2 is 2.19 bits per heavy atom. The first kappa shape index (κ1) is 12.8. The van der Waals surface area contributed by atoms with Gasteiger partial charge in [-0.05, 0) is 30.2 Å². The minimum Gasteiger partial charge on any atom is -0.333 e. The molecule has 3 aromatic rings. The van der Waals surface area contributed by atoms with Gasteiger partial charge in [0.25, 0.3) is 12.3 Å². The van der Waals surface area contributed by atoms with Crippen LogP contribution in [0.3, 0.4) is 0 Å². The summed E-state index contributed by atoms with van der Waals surface area (Å²) >= 11 is 6.14. The molecule has 1 aliphatic carbocycles. The van der Waals surface area contributed by atoms with Crippen LogP contribution in [0.5, 0.6) is 0 Å². The molecule has 2 aliphatic rings. The van der Waals surface area contributed by atoms with Crippen molar-refractivity contribution >= 4 is 23.0 Å². The molecule has 0 N–H and O–H groups in total. The van der Waals surface area contributed by atoms with Crippen molar-refractivity contribution in [2.75, 3.05) is 6.98 Å². The van der Waals surface area contributed by atoms with E-state index in [-0.39, 0.29) is 23.1 Å². The normalized spacial score (nSPS) is 23.5. The summed E-state index contributed by atoms with van der Waals surface area (Å²) in [6.07, 6.45) is -0.990. The van der Waals surface area contributed by atoms with E-state index in [9.17, 15) is 13.6 Å². The molecule has 1 amide bonds. The lowest BCUT2D eigenvalue weighted by Gasteiger charge is -2.23. The molecule has 26 heavy (non-hydrogen) atoms. The highest BCUT2D eigenvalue weighted by Gasteiger charge is 2.45. The van der Waals surface area contributed by atoms with Crippen molar-refractivity contribution < 1.29 is 17.7 Å². The Balaban J connectivity index is 1.89. The van der Waals surface area contributed by atoms with Gasteiger partial charge in [0.05, 0.1) is 17.3 Å². The number of amides is 1. The van der Waals surface area contributed by atoms with Crippen LogP contribution < -0.4 is 0 Å². The maximum absolute atomic E-state index is 13.9. The quantitative estimate of drug-likeness (QED) is 0.623. The molecule has 4 nitrogen and oxygen atoms in total. The molecule has 5 rings (SSSR count). The zero-order valence-electron chi connectivity index (χ0n) is 16.3. The molecule has 0 fully saturated rings. The number of alkyl halides is 2. The van der Waals surface area contributed by atoms with E-state index >= 15 is 0 Å². The highest BCUT2D eigenvalue weighted by atomic mass is 35.5. The predicted molar refractivity (Wildman–Crippen MR) is 92.9 cm³/mol. The van der Waals surface area contributed by atoms with E-state index in [4.69, 9.17) is 15.7 Å². The lowest BCUT2D eigenvalue weighted by molar-refractivity contribution is 0.0734. The smallest absolute Gasteiger partial charge is 0.264 e. The second kappa shape index (κ2) is 5.27. The Bertz CT molecular complexity index is 1180. The van der Waals surface area contributed by atoms with Crippen molar-refractivity contribution in [3.8, 4) is 0 Å². The molecule has 132 valence electrons. The van der Waals surface area contributed by atoms with Crippen LogP contribution >= 0.6 is 11.6 Å². The van der Waals surface area contributed by atoms with Crippen LogP contribution in [0.2, 0.25) is 5.02 Å². The second-order valence-corrected chi connectivity index (χ2v) is 7.00. The summed E-state index contributed by atoms with van der Waals surface area (Å²) in [6.45, 7) is -2.75. The summed E-state index contributed by atoms with van der Waals surface area (Å²) in [5, 5.41) is 4.94. The van der Waals surface area contributed by atoms with Gasteiger partial charge in [-0.15, -0.1) is 0 Å². The Kier molecular flexibility index (Phi) is 2.60. The average Bonchev–Trinajstić information content (AvgIpc) is 3.13. The molecule has 0 spiro atoms. The minimum absolute atomic E-state index is 0.00143. The molecule has 0 saturated carbocycles. The molecule has 1 aromatic carbocycles. The summed E-state index contributed by atoms with van der Waals surface area (Å²) in [5.41, 5.74) is 1.59. The number of carbonyl (C=O) groups excluding carboxylic acids is 1. The highest BCUT2D eigenvalue weighted by molar-refractivity contribution is 6.30. The zero-order valence-corrected chi connectivity index (χ0v) is 14.0. The lowest BCUT2D eigenvalue weighted by atomic mass is 9.86. The Morgan fingerprint density at radius 1 is 1.35 bits per heavy atom. The topological polar surface area (TPSA) is 37.6 Å². The minimum atomic E-state index is -2.80. The number of rotatable bonds is 1. The van der Waals surface area contributed by atoms with Gasteiger partial charge in [0.1, 0.15) is 0 Å². The average molecular weight is 377 g/mol. The van der Waals surface area contributed by atoms with Crippen LogP contribution in [-0.4, -0.2) is 27.4 Å². The fourth-order valence-corrected chi connectivity index (χ4v) is 4.38. The van der Waals surface area contributed by atoms with Crippen molar-refractivity contribution in [1.29, 1.82) is 0 Å². The number of nitrogens with zero attached hydrogens (tertiary/aromatic N) is 3. The summed E-state index contributed by atoms with van der Waals surface area (Å²) in [4.78, 5) is 14.0. The summed E-state index contributed by atoms with van der Waals surface area (Å²) in [5.74, 6) is -1.36. The van der Waals surface area contributed by atoms with Crippen molar-refractivity contribution in [2.24, 2.45) is 0 Å².